The number of para-hydroxylation sites is 1. The molecule has 0 aromatic heterocycles. The molecule has 0 radical (unpaired) electrons. The Morgan fingerprint density at radius 3 is 2.89 bits per heavy atom. The van der Waals surface area contributed by atoms with Gasteiger partial charge in [0.05, 0.1) is 11.5 Å². The van der Waals surface area contributed by atoms with Crippen LogP contribution in [0.2, 0.25) is 0 Å². The lowest BCUT2D eigenvalue weighted by molar-refractivity contribution is -0.212. The lowest BCUT2D eigenvalue weighted by Gasteiger charge is -2.62. The van der Waals surface area contributed by atoms with E-state index in [1.54, 1.807) is 0 Å². The molecular formula is C22H27ClN2O3. The van der Waals surface area contributed by atoms with E-state index in [-0.39, 0.29) is 53.5 Å². The van der Waals surface area contributed by atoms with E-state index in [1.807, 2.05) is 0 Å². The predicted molar refractivity (Wildman–Crippen MR) is 106 cm³/mol. The highest BCUT2D eigenvalue weighted by Crippen LogP contribution is 2.69. The largest absolute Gasteiger partial charge is 0.460 e. The highest BCUT2D eigenvalue weighted by Gasteiger charge is 2.77. The van der Waals surface area contributed by atoms with Crippen molar-refractivity contribution in [2.75, 3.05) is 17.8 Å². The number of carbonyl (C=O) groups excluding carboxylic acids is 1. The summed E-state index contributed by atoms with van der Waals surface area (Å²) >= 11 is 5.87. The molecule has 6 aliphatic rings. The van der Waals surface area contributed by atoms with Crippen LogP contribution in [0.15, 0.2) is 24.3 Å². The van der Waals surface area contributed by atoms with E-state index in [0.29, 0.717) is 12.0 Å². The number of nitrogens with zero attached hydrogens (tertiary/aromatic N) is 2. The smallest absolute Gasteiger partial charge is 0.321 e. The number of esters is 1. The van der Waals surface area contributed by atoms with Crippen molar-refractivity contribution in [1.82, 2.24) is 4.90 Å². The Bertz CT molecular complexity index is 849. The van der Waals surface area contributed by atoms with Crippen LogP contribution in [0.4, 0.5) is 5.69 Å². The molecule has 7 rings (SSSR count). The van der Waals surface area contributed by atoms with Gasteiger partial charge in [0, 0.05) is 36.7 Å². The average Bonchev–Trinajstić information content (AvgIpc) is 3.10. The van der Waals surface area contributed by atoms with Crippen LogP contribution in [0.3, 0.4) is 0 Å². The summed E-state index contributed by atoms with van der Waals surface area (Å²) in [7, 11) is 2.17. The van der Waals surface area contributed by atoms with E-state index in [2.05, 4.69) is 48.0 Å². The molecule has 5 nitrogen and oxygen atoms in total. The summed E-state index contributed by atoms with van der Waals surface area (Å²) in [5.74, 6) is 0.510. The molecular weight excluding hydrogens is 376 g/mol. The first-order valence-corrected chi connectivity index (χ1v) is 11.1. The lowest BCUT2D eigenvalue weighted by atomic mass is 9.62. The zero-order valence-electron chi connectivity index (χ0n) is 16.3. The first kappa shape index (κ1) is 17.5. The molecule has 10 atom stereocenters. The maximum atomic E-state index is 12.4. The van der Waals surface area contributed by atoms with Crippen LogP contribution < -0.4 is 4.90 Å². The number of carbonyl (C=O) groups is 1. The Balaban J connectivity index is 1.57. The van der Waals surface area contributed by atoms with E-state index in [4.69, 9.17) is 16.3 Å². The fourth-order valence-corrected chi connectivity index (χ4v) is 8.26. The van der Waals surface area contributed by atoms with Crippen molar-refractivity contribution in [2.24, 2.45) is 17.8 Å². The van der Waals surface area contributed by atoms with Crippen LogP contribution in [-0.2, 0) is 14.9 Å². The van der Waals surface area contributed by atoms with Crippen molar-refractivity contribution in [3.63, 3.8) is 0 Å². The van der Waals surface area contributed by atoms with E-state index < -0.39 is 0 Å². The molecule has 1 aliphatic carbocycles. The second-order valence-corrected chi connectivity index (χ2v) is 9.67. The maximum Gasteiger partial charge on any atom is 0.321 e. The maximum absolute atomic E-state index is 12.4. The summed E-state index contributed by atoms with van der Waals surface area (Å²) in [5.41, 5.74) is 2.36. The molecule has 1 saturated carbocycles. The van der Waals surface area contributed by atoms with Crippen LogP contribution in [-0.4, -0.2) is 59.4 Å². The third-order valence-electron chi connectivity index (χ3n) is 8.79. The molecule has 1 aromatic rings. The van der Waals surface area contributed by atoms with Crippen molar-refractivity contribution in [3.05, 3.63) is 29.8 Å². The van der Waals surface area contributed by atoms with Crippen molar-refractivity contribution in [2.45, 2.75) is 62.1 Å². The zero-order chi connectivity index (χ0) is 19.4. The molecule has 5 heterocycles. The minimum absolute atomic E-state index is 0.107. The molecule has 5 aliphatic heterocycles. The van der Waals surface area contributed by atoms with Gasteiger partial charge in [-0.2, -0.15) is 0 Å². The number of piperidine rings is 4. The summed E-state index contributed by atoms with van der Waals surface area (Å²) in [6.45, 7) is 2.17. The van der Waals surface area contributed by atoms with Gasteiger partial charge in [0.15, 0.2) is 0 Å². The number of rotatable bonds is 3. The van der Waals surface area contributed by atoms with Gasteiger partial charge in [-0.05, 0) is 36.8 Å². The first-order valence-electron chi connectivity index (χ1n) is 10.6. The lowest BCUT2D eigenvalue weighted by Crippen LogP contribution is -2.72. The molecule has 1 N–H and O–H groups in total. The Kier molecular flexibility index (Phi) is 3.54. The third kappa shape index (κ3) is 1.76. The molecule has 5 fully saturated rings. The Morgan fingerprint density at radius 2 is 2.14 bits per heavy atom. The van der Waals surface area contributed by atoms with Crippen molar-refractivity contribution < 1.29 is 14.6 Å². The Morgan fingerprint density at radius 1 is 1.36 bits per heavy atom. The number of anilines is 1. The number of benzene rings is 1. The van der Waals surface area contributed by atoms with Gasteiger partial charge in [0.1, 0.15) is 18.2 Å². The van der Waals surface area contributed by atoms with Gasteiger partial charge in [-0.15, -0.1) is 11.6 Å². The van der Waals surface area contributed by atoms with Gasteiger partial charge in [0.2, 0.25) is 0 Å². The normalized spacial score (nSPS) is 49.3. The summed E-state index contributed by atoms with van der Waals surface area (Å²) in [6, 6.07) is 9.40. The predicted octanol–water partition coefficient (Wildman–Crippen LogP) is 2.34. The summed E-state index contributed by atoms with van der Waals surface area (Å²) in [4.78, 5) is 17.2. The van der Waals surface area contributed by atoms with Gasteiger partial charge >= 0.3 is 5.97 Å². The van der Waals surface area contributed by atoms with Gasteiger partial charge in [-0.3, -0.25) is 9.69 Å². The zero-order valence-corrected chi connectivity index (χ0v) is 17.0. The van der Waals surface area contributed by atoms with Crippen molar-refractivity contribution in [1.29, 1.82) is 0 Å². The summed E-state index contributed by atoms with van der Waals surface area (Å²) < 4.78 is 6.19. The molecule has 28 heavy (non-hydrogen) atoms. The van der Waals surface area contributed by atoms with E-state index >= 15 is 0 Å². The fourth-order valence-electron chi connectivity index (χ4n) is 8.20. The van der Waals surface area contributed by atoms with Gasteiger partial charge in [-0.25, -0.2) is 0 Å². The highest BCUT2D eigenvalue weighted by molar-refractivity contribution is 6.26. The molecule has 5 bridgehead atoms. The van der Waals surface area contributed by atoms with Gasteiger partial charge < -0.3 is 14.7 Å². The number of likely N-dealkylation sites (N-methyl/N-ethyl adjacent to an activating group) is 1. The minimum atomic E-state index is -0.382. The Hall–Kier alpha value is -1.30. The molecule has 4 saturated heterocycles. The second kappa shape index (κ2) is 5.65. The summed E-state index contributed by atoms with van der Waals surface area (Å²) in [5, 5.41) is 11.2. The van der Waals surface area contributed by atoms with Crippen LogP contribution in [0.1, 0.15) is 31.7 Å². The van der Waals surface area contributed by atoms with E-state index in [9.17, 15) is 9.90 Å². The van der Waals surface area contributed by atoms with Crippen molar-refractivity contribution in [3.8, 4) is 0 Å². The van der Waals surface area contributed by atoms with Gasteiger partial charge in [-0.1, -0.05) is 25.1 Å². The molecule has 6 heteroatoms. The molecule has 3 unspecified atom stereocenters. The third-order valence-corrected chi connectivity index (χ3v) is 9.01. The molecule has 1 aromatic carbocycles. The standard InChI is InChI=1S/C22H27ClN2O3/c1-3-11-12-8-15-19-22(13-6-4-5-7-14(13)24(19)2)9-16(25(15)21(11)27)18(12)20(22)28-17(26)10-23/h4-7,11-12,15-16,18-21,27H,3,8-10H2,1-2H3/t11-,12-,15?,16-,18-,19-,20+,21+,22?/m0/s1. The number of fused-ring (bicyclic) bond motifs is 2. The highest BCUT2D eigenvalue weighted by atomic mass is 35.5. The number of hydrogen-bond donors (Lipinski definition) is 1. The van der Waals surface area contributed by atoms with Gasteiger partial charge in [0.25, 0.3) is 0 Å². The van der Waals surface area contributed by atoms with Crippen LogP contribution in [0.5, 0.6) is 0 Å². The second-order valence-electron chi connectivity index (χ2n) is 9.41. The molecule has 150 valence electrons. The first-order chi connectivity index (χ1) is 13.5. The van der Waals surface area contributed by atoms with Crippen molar-refractivity contribution >= 4 is 23.3 Å². The Labute approximate surface area is 170 Å². The van der Waals surface area contributed by atoms with E-state index in [0.717, 1.165) is 19.3 Å². The number of halogens is 1. The average molecular weight is 403 g/mol. The van der Waals surface area contributed by atoms with E-state index in [1.165, 1.54) is 11.3 Å². The number of alkyl halides is 1. The number of aliphatic hydroxyl groups excluding tert-OH is 1. The monoisotopic (exact) mass is 402 g/mol. The molecule has 1 spiro atoms. The fraction of sp³-hybridized carbons (Fsp3) is 0.682. The number of aliphatic hydroxyl groups is 1. The number of hydrogen-bond acceptors (Lipinski definition) is 5. The summed E-state index contributed by atoms with van der Waals surface area (Å²) in [6.07, 6.45) is 2.44. The number of ether oxygens (including phenoxy) is 1. The molecule has 0 amide bonds. The van der Waals surface area contributed by atoms with Crippen LogP contribution >= 0.6 is 11.6 Å². The topological polar surface area (TPSA) is 53.0 Å². The minimum Gasteiger partial charge on any atom is -0.460 e. The van der Waals surface area contributed by atoms with Crippen LogP contribution in [0.25, 0.3) is 0 Å². The quantitative estimate of drug-likeness (QED) is 0.621. The SMILES string of the molecule is CC[C@H]1[C@@H]2CC3[C@@H]4N(C)c5ccccc5C45C[C@@H]([C@H]2[C@H]5OC(=O)CCl)N3[C@@H]1O. The van der Waals surface area contributed by atoms with Crippen LogP contribution in [0, 0.1) is 17.8 Å².